The monoisotopic (exact) mass is 334 g/mol. The molecule has 0 aromatic carbocycles. The maximum atomic E-state index is 4.32. The third-order valence-corrected chi connectivity index (χ3v) is 2.22. The minimum atomic E-state index is 0.878. The molecule has 0 aliphatic heterocycles. The van der Waals surface area contributed by atoms with Gasteiger partial charge in [0, 0.05) is 23.0 Å². The van der Waals surface area contributed by atoms with E-state index < -0.39 is 0 Å². The van der Waals surface area contributed by atoms with Gasteiger partial charge in [-0.05, 0) is 26.8 Å². The van der Waals surface area contributed by atoms with Crippen LogP contribution in [-0.2, 0) is 0 Å². The average molecular weight is 335 g/mol. The van der Waals surface area contributed by atoms with Gasteiger partial charge in [0.25, 0.3) is 0 Å². The topological polar surface area (TPSA) is 28.1 Å². The molecule has 0 spiro atoms. The van der Waals surface area contributed by atoms with E-state index in [1.165, 1.54) is 0 Å². The zero-order valence-corrected chi connectivity index (χ0v) is 18.1. The van der Waals surface area contributed by atoms with Gasteiger partial charge in [-0.3, -0.25) is 0 Å². The van der Waals surface area contributed by atoms with Crippen molar-refractivity contribution in [1.29, 1.82) is 0 Å². The largest absolute Gasteiger partial charge is 0.339 e. The van der Waals surface area contributed by atoms with Gasteiger partial charge < -0.3 is 4.98 Å². The van der Waals surface area contributed by atoms with Gasteiger partial charge in [0.2, 0.25) is 0 Å². The number of allylic oxidation sites excluding steroid dienone is 2. The van der Waals surface area contributed by atoms with Crippen LogP contribution in [0.25, 0.3) is 18.2 Å². The van der Waals surface area contributed by atoms with Crippen molar-refractivity contribution in [3.05, 3.63) is 35.6 Å². The van der Waals surface area contributed by atoms with Crippen LogP contribution in [0.4, 0.5) is 5.82 Å². The van der Waals surface area contributed by atoms with E-state index in [4.69, 9.17) is 0 Å². The molecule has 1 aromatic rings. The summed E-state index contributed by atoms with van der Waals surface area (Å²) in [4.78, 5) is 7.58. The van der Waals surface area contributed by atoms with Crippen molar-refractivity contribution in [2.24, 2.45) is 4.99 Å². The van der Waals surface area contributed by atoms with Crippen LogP contribution >= 0.6 is 0 Å². The van der Waals surface area contributed by atoms with Gasteiger partial charge >= 0.3 is 0 Å². The molecule has 140 valence electrons. The lowest BCUT2D eigenvalue weighted by Gasteiger charge is -1.95. The summed E-state index contributed by atoms with van der Waals surface area (Å²) < 4.78 is 0. The molecule has 0 saturated heterocycles. The molecule has 0 aliphatic rings. The summed E-state index contributed by atoms with van der Waals surface area (Å²) in [5.41, 5.74) is 3.25. The summed E-state index contributed by atoms with van der Waals surface area (Å²) in [6.45, 7) is 25.7. The Morgan fingerprint density at radius 1 is 0.750 bits per heavy atom. The fourth-order valence-corrected chi connectivity index (χ4v) is 1.61. The Kier molecular flexibility index (Phi) is 32.7. The number of hydrogen-bond acceptors (Lipinski definition) is 1. The average Bonchev–Trinajstić information content (AvgIpc) is 3.00. The Balaban J connectivity index is -0.000000218. The summed E-state index contributed by atoms with van der Waals surface area (Å²) in [6.07, 6.45) is 11.8. The van der Waals surface area contributed by atoms with Crippen molar-refractivity contribution >= 4 is 30.3 Å². The van der Waals surface area contributed by atoms with Gasteiger partial charge in [-0.2, -0.15) is 0 Å². The van der Waals surface area contributed by atoms with Crippen molar-refractivity contribution in [2.45, 2.75) is 76.2 Å². The first-order valence-corrected chi connectivity index (χ1v) is 9.40. The standard InChI is InChI=1S/C14H18N2.4C2H6/c1-5-9-11-12(10-6-2)14(15-8-4)16-13(11)7-3;4*1-2/h5-10,16H,3H2,1-2,4H3;4*1-2H3/b9-5-,10-6-,15-8-;;;;. The van der Waals surface area contributed by atoms with Crippen molar-refractivity contribution in [3.63, 3.8) is 0 Å². The van der Waals surface area contributed by atoms with Crippen molar-refractivity contribution in [2.75, 3.05) is 0 Å². The van der Waals surface area contributed by atoms with Crippen LogP contribution in [0.15, 0.2) is 23.7 Å². The molecule has 0 unspecified atom stereocenters. The van der Waals surface area contributed by atoms with Gasteiger partial charge in [0.05, 0.1) is 0 Å². The van der Waals surface area contributed by atoms with Crippen molar-refractivity contribution < 1.29 is 0 Å². The molecule has 0 bridgehead atoms. The molecule has 24 heavy (non-hydrogen) atoms. The molecular weight excluding hydrogens is 292 g/mol. The highest BCUT2D eigenvalue weighted by molar-refractivity contribution is 5.80. The van der Waals surface area contributed by atoms with Crippen LogP contribution < -0.4 is 0 Å². The molecule has 1 aromatic heterocycles. The Bertz CT molecular complexity index is 447. The van der Waals surface area contributed by atoms with Crippen LogP contribution in [0.2, 0.25) is 0 Å². The smallest absolute Gasteiger partial charge is 0.137 e. The fourth-order valence-electron chi connectivity index (χ4n) is 1.61. The van der Waals surface area contributed by atoms with Crippen LogP contribution in [0.5, 0.6) is 0 Å². The normalized spacial score (nSPS) is 9.12. The van der Waals surface area contributed by atoms with E-state index in [1.54, 1.807) is 6.21 Å². The molecule has 0 aliphatic carbocycles. The second-order valence-electron chi connectivity index (χ2n) is 3.31. The molecule has 0 amide bonds. The second kappa shape index (κ2) is 26.1. The van der Waals surface area contributed by atoms with Gasteiger partial charge in [0.1, 0.15) is 5.82 Å². The summed E-state index contributed by atoms with van der Waals surface area (Å²) in [5, 5.41) is 0. The predicted molar refractivity (Wildman–Crippen MR) is 120 cm³/mol. The number of aromatic amines is 1. The number of aliphatic imine (C=N–C) groups is 1. The summed E-state index contributed by atoms with van der Waals surface area (Å²) in [6, 6.07) is 0. The van der Waals surface area contributed by atoms with Gasteiger partial charge in [-0.15, -0.1) is 0 Å². The van der Waals surface area contributed by atoms with Crippen molar-refractivity contribution in [3.8, 4) is 0 Å². The van der Waals surface area contributed by atoms with Crippen molar-refractivity contribution in [1.82, 2.24) is 4.98 Å². The number of hydrogen-bond donors (Lipinski definition) is 1. The first-order chi connectivity index (χ1) is 11.8. The lowest BCUT2D eigenvalue weighted by Crippen LogP contribution is -1.76. The molecule has 0 saturated carbocycles. The SMILES string of the molecule is C=Cc1[nH]c(/N=C\C)c(/C=C\C)c1/C=C\C.CC.CC.CC.CC. The summed E-state index contributed by atoms with van der Waals surface area (Å²) in [7, 11) is 0. The second-order valence-corrected chi connectivity index (χ2v) is 3.31. The molecule has 0 atom stereocenters. The van der Waals surface area contributed by atoms with Gasteiger partial charge in [0.15, 0.2) is 0 Å². The summed E-state index contributed by atoms with van der Waals surface area (Å²) in [5.74, 6) is 0.878. The molecule has 1 N–H and O–H groups in total. The molecular formula is C22H42N2. The Morgan fingerprint density at radius 3 is 1.50 bits per heavy atom. The molecule has 0 radical (unpaired) electrons. The zero-order valence-electron chi connectivity index (χ0n) is 18.1. The first kappa shape index (κ1) is 30.1. The van der Waals surface area contributed by atoms with E-state index in [1.807, 2.05) is 94.4 Å². The Hall–Kier alpha value is -1.83. The number of nitrogens with zero attached hydrogens (tertiary/aromatic N) is 1. The van der Waals surface area contributed by atoms with E-state index in [0.29, 0.717) is 0 Å². The molecule has 1 heterocycles. The number of aromatic nitrogens is 1. The molecule has 2 heteroatoms. The molecule has 0 fully saturated rings. The van der Waals surface area contributed by atoms with Crippen LogP contribution in [0, 0.1) is 0 Å². The maximum Gasteiger partial charge on any atom is 0.137 e. The van der Waals surface area contributed by atoms with E-state index in [-0.39, 0.29) is 0 Å². The number of H-pyrrole nitrogens is 1. The highest BCUT2D eigenvalue weighted by Gasteiger charge is 2.10. The predicted octanol–water partition coefficient (Wildman–Crippen LogP) is 8.55. The minimum Gasteiger partial charge on any atom is -0.339 e. The highest BCUT2D eigenvalue weighted by atomic mass is 14.9. The minimum absolute atomic E-state index is 0.878. The third kappa shape index (κ3) is 11.7. The fraction of sp³-hybridized carbons (Fsp3) is 0.500. The lowest BCUT2D eigenvalue weighted by molar-refractivity contribution is 1.32. The lowest BCUT2D eigenvalue weighted by atomic mass is 10.1. The van der Waals surface area contributed by atoms with Crippen LogP contribution in [0.1, 0.15) is 93.0 Å². The zero-order chi connectivity index (χ0) is 20.0. The molecule has 2 nitrogen and oxygen atoms in total. The molecule has 1 rings (SSSR count). The van der Waals surface area contributed by atoms with Crippen LogP contribution in [0.3, 0.4) is 0 Å². The third-order valence-electron chi connectivity index (χ3n) is 2.22. The first-order valence-electron chi connectivity index (χ1n) is 9.40. The van der Waals surface area contributed by atoms with E-state index in [9.17, 15) is 0 Å². The summed E-state index contributed by atoms with van der Waals surface area (Å²) >= 11 is 0. The Labute approximate surface area is 152 Å². The van der Waals surface area contributed by atoms with E-state index in [2.05, 4.69) is 28.7 Å². The Morgan fingerprint density at radius 2 is 1.17 bits per heavy atom. The highest BCUT2D eigenvalue weighted by Crippen LogP contribution is 2.29. The number of rotatable bonds is 4. The van der Waals surface area contributed by atoms with E-state index >= 15 is 0 Å². The van der Waals surface area contributed by atoms with Gasteiger partial charge in [-0.25, -0.2) is 4.99 Å². The van der Waals surface area contributed by atoms with E-state index in [0.717, 1.165) is 22.6 Å². The van der Waals surface area contributed by atoms with Crippen LogP contribution in [-0.4, -0.2) is 11.2 Å². The van der Waals surface area contributed by atoms with Gasteiger partial charge in [-0.1, -0.05) is 86.3 Å². The quantitative estimate of drug-likeness (QED) is 0.534. The number of nitrogens with one attached hydrogen (secondary N) is 1. The maximum absolute atomic E-state index is 4.32.